The van der Waals surface area contributed by atoms with Crippen LogP contribution in [0.3, 0.4) is 0 Å². The Morgan fingerprint density at radius 1 is 0.857 bits per heavy atom. The van der Waals surface area contributed by atoms with Crippen molar-refractivity contribution in [2.75, 3.05) is 26.2 Å². The number of hydrogen-bond acceptors (Lipinski definition) is 8. The van der Waals surface area contributed by atoms with E-state index in [0.717, 1.165) is 19.4 Å². The van der Waals surface area contributed by atoms with E-state index in [1.807, 2.05) is 0 Å². The molecule has 2 aliphatic heterocycles. The molecule has 11 nitrogen and oxygen atoms in total. The van der Waals surface area contributed by atoms with Crippen molar-refractivity contribution in [3.8, 4) is 11.5 Å². The number of amides is 3. The lowest BCUT2D eigenvalue weighted by atomic mass is 10.1. The van der Waals surface area contributed by atoms with E-state index < -0.39 is 23.6 Å². The normalized spacial score (nSPS) is 18.3. The Morgan fingerprint density at radius 3 is 2.21 bits per heavy atom. The van der Waals surface area contributed by atoms with Gasteiger partial charge in [0.05, 0.1) is 19.1 Å². The molecule has 0 saturated carbocycles. The molecule has 2 heterocycles. The van der Waals surface area contributed by atoms with Crippen LogP contribution in [0.1, 0.15) is 67.2 Å². The maximum atomic E-state index is 12.7. The second kappa shape index (κ2) is 13.6. The predicted octanol–water partition coefficient (Wildman–Crippen LogP) is 3.23. The molecule has 2 aromatic rings. The summed E-state index contributed by atoms with van der Waals surface area (Å²) in [7, 11) is 0. The standard InChI is InChI=1S/C31H38N4O7/c1-31(2,3)42-30(40)35-16-6-10-25(35)29(39)34-18-26(36)20-11-13-22(14-12-20)41-23-8-4-7-21(17-23)27(37)19-33-28(38)24-9-5-15-32-24/h4,7-8,11-14,17,24-25,32H,5-6,9-10,15-16,18-19H2,1-3H3,(H,33,38)(H,34,39)/t24-,25-/m0/s1. The molecule has 11 heteroatoms. The van der Waals surface area contributed by atoms with Crippen LogP contribution in [0, 0.1) is 0 Å². The van der Waals surface area contributed by atoms with Gasteiger partial charge in [0, 0.05) is 17.7 Å². The minimum atomic E-state index is -0.674. The first-order chi connectivity index (χ1) is 20.0. The summed E-state index contributed by atoms with van der Waals surface area (Å²) in [6, 6.07) is 12.2. The Hall–Kier alpha value is -4.25. The first kappa shape index (κ1) is 30.7. The highest BCUT2D eigenvalue weighted by molar-refractivity contribution is 6.01. The molecule has 42 heavy (non-hydrogen) atoms. The number of Topliss-reactive ketones (excluding diaryl/α,β-unsaturated/α-hetero) is 2. The first-order valence-electron chi connectivity index (χ1n) is 14.2. The Bertz CT molecular complexity index is 1310. The lowest BCUT2D eigenvalue weighted by Gasteiger charge is -2.28. The van der Waals surface area contributed by atoms with Crippen molar-refractivity contribution in [3.63, 3.8) is 0 Å². The van der Waals surface area contributed by atoms with Crippen molar-refractivity contribution < 1.29 is 33.4 Å². The van der Waals surface area contributed by atoms with Gasteiger partial charge in [0.2, 0.25) is 11.8 Å². The monoisotopic (exact) mass is 578 g/mol. The van der Waals surface area contributed by atoms with Gasteiger partial charge in [0.25, 0.3) is 0 Å². The van der Waals surface area contributed by atoms with Crippen LogP contribution < -0.4 is 20.7 Å². The van der Waals surface area contributed by atoms with Crippen LogP contribution in [0.2, 0.25) is 0 Å². The van der Waals surface area contributed by atoms with Gasteiger partial charge in [-0.2, -0.15) is 0 Å². The number of hydrogen-bond donors (Lipinski definition) is 3. The summed E-state index contributed by atoms with van der Waals surface area (Å²) in [4.78, 5) is 64.1. The molecular formula is C31H38N4O7. The number of benzene rings is 2. The van der Waals surface area contributed by atoms with E-state index >= 15 is 0 Å². The lowest BCUT2D eigenvalue weighted by molar-refractivity contribution is -0.125. The van der Waals surface area contributed by atoms with Crippen LogP contribution in [-0.2, 0) is 14.3 Å². The smallest absolute Gasteiger partial charge is 0.410 e. The summed E-state index contributed by atoms with van der Waals surface area (Å²) < 4.78 is 11.3. The number of carbonyl (C=O) groups is 5. The van der Waals surface area contributed by atoms with Crippen molar-refractivity contribution in [3.05, 3.63) is 59.7 Å². The van der Waals surface area contributed by atoms with Gasteiger partial charge in [-0.05, 0) is 89.4 Å². The molecule has 0 spiro atoms. The molecule has 2 saturated heterocycles. The summed E-state index contributed by atoms with van der Waals surface area (Å²) in [5, 5.41) is 8.43. The summed E-state index contributed by atoms with van der Waals surface area (Å²) in [5.74, 6) is -0.206. The first-order valence-corrected chi connectivity index (χ1v) is 14.2. The van der Waals surface area contributed by atoms with E-state index in [0.29, 0.717) is 42.0 Å². The van der Waals surface area contributed by atoms with Crippen molar-refractivity contribution in [1.29, 1.82) is 0 Å². The van der Waals surface area contributed by atoms with Crippen LogP contribution >= 0.6 is 0 Å². The zero-order chi connectivity index (χ0) is 30.3. The van der Waals surface area contributed by atoms with Crippen LogP contribution in [-0.4, -0.2) is 78.2 Å². The fraction of sp³-hybridized carbons (Fsp3) is 0.452. The highest BCUT2D eigenvalue weighted by atomic mass is 16.6. The third kappa shape index (κ3) is 8.39. The third-order valence-corrected chi connectivity index (χ3v) is 6.97. The van der Waals surface area contributed by atoms with Gasteiger partial charge in [-0.15, -0.1) is 0 Å². The third-order valence-electron chi connectivity index (χ3n) is 6.97. The van der Waals surface area contributed by atoms with E-state index in [-0.39, 0.29) is 36.6 Å². The second-order valence-corrected chi connectivity index (χ2v) is 11.4. The van der Waals surface area contributed by atoms with Crippen molar-refractivity contribution in [2.45, 2.75) is 64.1 Å². The molecule has 4 rings (SSSR count). The quantitative estimate of drug-likeness (QED) is 0.365. The van der Waals surface area contributed by atoms with Gasteiger partial charge in [-0.25, -0.2) is 4.79 Å². The van der Waals surface area contributed by atoms with Crippen LogP contribution in [0.5, 0.6) is 11.5 Å². The number of nitrogens with zero attached hydrogens (tertiary/aromatic N) is 1. The molecule has 0 radical (unpaired) electrons. The molecule has 3 N–H and O–H groups in total. The van der Waals surface area contributed by atoms with E-state index in [2.05, 4.69) is 16.0 Å². The van der Waals surface area contributed by atoms with Gasteiger partial charge in [0.15, 0.2) is 11.6 Å². The zero-order valence-electron chi connectivity index (χ0n) is 24.2. The van der Waals surface area contributed by atoms with Crippen molar-refractivity contribution >= 4 is 29.5 Å². The predicted molar refractivity (Wildman–Crippen MR) is 155 cm³/mol. The van der Waals surface area contributed by atoms with E-state index in [4.69, 9.17) is 9.47 Å². The number of ketones is 2. The number of carbonyl (C=O) groups excluding carboxylic acids is 5. The number of rotatable bonds is 10. The maximum absolute atomic E-state index is 12.7. The highest BCUT2D eigenvalue weighted by Gasteiger charge is 2.36. The van der Waals surface area contributed by atoms with Gasteiger partial charge < -0.3 is 25.4 Å². The highest BCUT2D eigenvalue weighted by Crippen LogP contribution is 2.24. The number of likely N-dealkylation sites (tertiary alicyclic amines) is 1. The molecule has 224 valence electrons. The fourth-order valence-corrected chi connectivity index (χ4v) is 4.84. The zero-order valence-corrected chi connectivity index (χ0v) is 24.2. The molecule has 2 aromatic carbocycles. The largest absolute Gasteiger partial charge is 0.457 e. The molecule has 3 amide bonds. The van der Waals surface area contributed by atoms with Gasteiger partial charge in [0.1, 0.15) is 23.1 Å². The fourth-order valence-electron chi connectivity index (χ4n) is 4.84. The molecule has 0 aliphatic carbocycles. The molecule has 0 unspecified atom stereocenters. The van der Waals surface area contributed by atoms with Crippen molar-refractivity contribution in [1.82, 2.24) is 20.9 Å². The molecule has 2 aliphatic rings. The molecule has 0 aromatic heterocycles. The van der Waals surface area contributed by atoms with E-state index in [1.54, 1.807) is 69.3 Å². The lowest BCUT2D eigenvalue weighted by Crippen LogP contribution is -2.48. The van der Waals surface area contributed by atoms with Crippen LogP contribution in [0.25, 0.3) is 0 Å². The summed E-state index contributed by atoms with van der Waals surface area (Å²) in [6.45, 7) is 6.21. The van der Waals surface area contributed by atoms with Gasteiger partial charge >= 0.3 is 6.09 Å². The summed E-state index contributed by atoms with van der Waals surface area (Å²) in [5.41, 5.74) is 0.120. The minimum Gasteiger partial charge on any atom is -0.457 e. The molecule has 2 atom stereocenters. The van der Waals surface area contributed by atoms with Gasteiger partial charge in [-0.3, -0.25) is 24.1 Å². The Kier molecular flexibility index (Phi) is 9.95. The maximum Gasteiger partial charge on any atom is 0.410 e. The van der Waals surface area contributed by atoms with E-state index in [9.17, 15) is 24.0 Å². The van der Waals surface area contributed by atoms with Crippen LogP contribution in [0.15, 0.2) is 48.5 Å². The van der Waals surface area contributed by atoms with Crippen LogP contribution in [0.4, 0.5) is 4.79 Å². The second-order valence-electron chi connectivity index (χ2n) is 11.4. The molecular weight excluding hydrogens is 540 g/mol. The average molecular weight is 579 g/mol. The Morgan fingerprint density at radius 2 is 1.55 bits per heavy atom. The van der Waals surface area contributed by atoms with E-state index in [1.165, 1.54) is 4.90 Å². The van der Waals surface area contributed by atoms with Gasteiger partial charge in [-0.1, -0.05) is 12.1 Å². The summed E-state index contributed by atoms with van der Waals surface area (Å²) in [6.07, 6.45) is 2.34. The Labute approximate surface area is 245 Å². The average Bonchev–Trinajstić information content (AvgIpc) is 3.67. The summed E-state index contributed by atoms with van der Waals surface area (Å²) >= 11 is 0. The number of ether oxygens (including phenoxy) is 2. The Balaban J connectivity index is 1.26. The number of nitrogens with one attached hydrogen (secondary N) is 3. The van der Waals surface area contributed by atoms with Crippen molar-refractivity contribution in [2.24, 2.45) is 0 Å². The topological polar surface area (TPSA) is 143 Å². The molecule has 0 bridgehead atoms. The SMILES string of the molecule is CC(C)(C)OC(=O)N1CCC[C@H]1C(=O)NCC(=O)c1ccc(Oc2cccc(C(=O)CNC(=O)[C@@H]3CCCN3)c2)cc1. The molecule has 2 fully saturated rings. The minimum absolute atomic E-state index is 0.104.